The number of carbonyl (C=O) groups excluding carboxylic acids is 1. The molecule has 0 bridgehead atoms. The van der Waals surface area contributed by atoms with Crippen LogP contribution < -0.4 is 11.1 Å². The van der Waals surface area contributed by atoms with Gasteiger partial charge in [0, 0.05) is 5.69 Å². The number of carbonyl (C=O) groups is 2. The van der Waals surface area contributed by atoms with E-state index in [0.717, 1.165) is 16.8 Å². The molecule has 6 nitrogen and oxygen atoms in total. The van der Waals surface area contributed by atoms with E-state index in [0.29, 0.717) is 6.42 Å². The summed E-state index contributed by atoms with van der Waals surface area (Å²) in [5.41, 5.74) is 8.43. The number of fused-ring (bicyclic) bond motifs is 1. The number of hydrogen-bond acceptors (Lipinski definition) is 4. The summed E-state index contributed by atoms with van der Waals surface area (Å²) in [5.74, 6) is -1.05. The number of ether oxygens (including phenoxy) is 1. The highest BCUT2D eigenvalue weighted by Crippen LogP contribution is 2.25. The Labute approximate surface area is 104 Å². The van der Waals surface area contributed by atoms with E-state index in [1.807, 2.05) is 6.07 Å². The minimum absolute atomic E-state index is 0.0298. The van der Waals surface area contributed by atoms with Gasteiger partial charge in [0.15, 0.2) is 0 Å². The Kier molecular flexibility index (Phi) is 3.59. The fraction of sp³-hybridized carbons (Fsp3) is 0.333. The van der Waals surface area contributed by atoms with Crippen LogP contribution in [-0.2, 0) is 20.7 Å². The Hall–Kier alpha value is -1.92. The van der Waals surface area contributed by atoms with Crippen LogP contribution in [0.5, 0.6) is 0 Å². The molecule has 0 fully saturated rings. The molecular weight excluding hydrogens is 236 g/mol. The molecule has 96 valence electrons. The molecule has 1 unspecified atom stereocenters. The first-order chi connectivity index (χ1) is 8.56. The van der Waals surface area contributed by atoms with Gasteiger partial charge in [0.1, 0.15) is 6.61 Å². The summed E-state index contributed by atoms with van der Waals surface area (Å²) in [6.45, 7) is -0.231. The third-order valence-electron chi connectivity index (χ3n) is 2.71. The van der Waals surface area contributed by atoms with Crippen LogP contribution in [0, 0.1) is 0 Å². The number of nitrogens with one attached hydrogen (secondary N) is 1. The molecule has 4 N–H and O–H groups in total. The Morgan fingerprint density at radius 1 is 1.56 bits per heavy atom. The molecule has 1 amide bonds. The van der Waals surface area contributed by atoms with Crippen molar-refractivity contribution in [1.29, 1.82) is 0 Å². The van der Waals surface area contributed by atoms with Crippen LogP contribution in [0.15, 0.2) is 18.2 Å². The lowest BCUT2D eigenvalue weighted by Gasteiger charge is -2.12. The number of amides is 1. The molecule has 18 heavy (non-hydrogen) atoms. The minimum Gasteiger partial charge on any atom is -0.480 e. The maximum absolute atomic E-state index is 11.2. The second kappa shape index (κ2) is 5.16. The van der Waals surface area contributed by atoms with Gasteiger partial charge in [-0.25, -0.2) is 4.79 Å². The predicted molar refractivity (Wildman–Crippen MR) is 64.2 cm³/mol. The number of rotatable bonds is 5. The molecular formula is C12H14N2O4. The highest BCUT2D eigenvalue weighted by Gasteiger charge is 2.19. The summed E-state index contributed by atoms with van der Waals surface area (Å²) in [6.07, 6.45) is 0.353. The second-order valence-corrected chi connectivity index (χ2v) is 4.16. The summed E-state index contributed by atoms with van der Waals surface area (Å²) in [7, 11) is 0. The first-order valence-electron chi connectivity index (χ1n) is 5.54. The maximum Gasteiger partial charge on any atom is 0.329 e. The Morgan fingerprint density at radius 2 is 2.33 bits per heavy atom. The number of benzene rings is 1. The van der Waals surface area contributed by atoms with Crippen molar-refractivity contribution in [2.75, 3.05) is 18.5 Å². The third-order valence-corrected chi connectivity index (χ3v) is 2.71. The average Bonchev–Trinajstić information content (AvgIpc) is 2.67. The van der Waals surface area contributed by atoms with Gasteiger partial charge in [-0.1, -0.05) is 12.1 Å². The van der Waals surface area contributed by atoms with E-state index in [2.05, 4.69) is 5.32 Å². The maximum atomic E-state index is 11.2. The Balaban J connectivity index is 1.99. The van der Waals surface area contributed by atoms with E-state index in [-0.39, 0.29) is 19.1 Å². The van der Waals surface area contributed by atoms with Crippen molar-refractivity contribution >= 4 is 17.6 Å². The second-order valence-electron chi connectivity index (χ2n) is 4.16. The average molecular weight is 250 g/mol. The minimum atomic E-state index is -1.02. The van der Waals surface area contributed by atoms with Crippen molar-refractivity contribution in [2.24, 2.45) is 5.73 Å². The SMILES string of the molecule is NC(COCC(=O)O)c1ccc2c(c1)CC(=O)N2. The molecule has 0 saturated carbocycles. The van der Waals surface area contributed by atoms with E-state index in [1.54, 1.807) is 12.1 Å². The largest absolute Gasteiger partial charge is 0.480 e. The van der Waals surface area contributed by atoms with Gasteiger partial charge in [-0.3, -0.25) is 4.79 Å². The number of aliphatic carboxylic acids is 1. The van der Waals surface area contributed by atoms with Crippen molar-refractivity contribution < 1.29 is 19.4 Å². The van der Waals surface area contributed by atoms with Crippen molar-refractivity contribution in [1.82, 2.24) is 0 Å². The highest BCUT2D eigenvalue weighted by atomic mass is 16.5. The fourth-order valence-electron chi connectivity index (χ4n) is 1.85. The van der Waals surface area contributed by atoms with Crippen molar-refractivity contribution in [2.45, 2.75) is 12.5 Å². The molecule has 1 aromatic rings. The fourth-order valence-corrected chi connectivity index (χ4v) is 1.85. The number of carboxylic acids is 1. The number of carboxylic acid groups (broad SMARTS) is 1. The molecule has 0 saturated heterocycles. The first-order valence-corrected chi connectivity index (χ1v) is 5.54. The van der Waals surface area contributed by atoms with Gasteiger partial charge in [0.2, 0.25) is 5.91 Å². The molecule has 1 aromatic carbocycles. The lowest BCUT2D eigenvalue weighted by Crippen LogP contribution is -2.19. The van der Waals surface area contributed by atoms with Crippen LogP contribution >= 0.6 is 0 Å². The molecule has 6 heteroatoms. The van der Waals surface area contributed by atoms with Crippen LogP contribution in [0.2, 0.25) is 0 Å². The van der Waals surface area contributed by atoms with Crippen molar-refractivity contribution in [3.8, 4) is 0 Å². The molecule has 0 aromatic heterocycles. The quantitative estimate of drug-likeness (QED) is 0.696. The lowest BCUT2D eigenvalue weighted by molar-refractivity contribution is -0.142. The van der Waals surface area contributed by atoms with Gasteiger partial charge in [-0.2, -0.15) is 0 Å². The molecule has 1 heterocycles. The van der Waals surface area contributed by atoms with Gasteiger partial charge in [0.25, 0.3) is 0 Å². The normalized spacial score (nSPS) is 15.1. The van der Waals surface area contributed by atoms with Gasteiger partial charge < -0.3 is 20.9 Å². The van der Waals surface area contributed by atoms with Crippen LogP contribution in [0.4, 0.5) is 5.69 Å². The molecule has 1 aliphatic rings. The van der Waals surface area contributed by atoms with E-state index in [4.69, 9.17) is 15.6 Å². The number of hydrogen-bond donors (Lipinski definition) is 3. The Bertz CT molecular complexity index is 487. The summed E-state index contributed by atoms with van der Waals surface area (Å²) in [4.78, 5) is 21.5. The van der Waals surface area contributed by atoms with Crippen LogP contribution in [0.3, 0.4) is 0 Å². The molecule has 2 rings (SSSR count). The first kappa shape index (κ1) is 12.5. The topological polar surface area (TPSA) is 102 Å². The van der Waals surface area contributed by atoms with Gasteiger partial charge in [-0.05, 0) is 17.2 Å². The summed E-state index contributed by atoms with van der Waals surface area (Å²) < 4.78 is 4.94. The van der Waals surface area contributed by atoms with E-state index in [9.17, 15) is 9.59 Å². The monoisotopic (exact) mass is 250 g/mol. The van der Waals surface area contributed by atoms with Crippen molar-refractivity contribution in [3.63, 3.8) is 0 Å². The zero-order valence-electron chi connectivity index (χ0n) is 9.68. The van der Waals surface area contributed by atoms with Gasteiger partial charge >= 0.3 is 5.97 Å². The van der Waals surface area contributed by atoms with E-state index < -0.39 is 12.0 Å². The smallest absolute Gasteiger partial charge is 0.329 e. The Morgan fingerprint density at radius 3 is 3.06 bits per heavy atom. The summed E-state index contributed by atoms with van der Waals surface area (Å²) in [6, 6.07) is 5.05. The lowest BCUT2D eigenvalue weighted by atomic mass is 10.0. The molecule has 0 spiro atoms. The van der Waals surface area contributed by atoms with Gasteiger partial charge in [0.05, 0.1) is 19.1 Å². The summed E-state index contributed by atoms with van der Waals surface area (Å²) >= 11 is 0. The third kappa shape index (κ3) is 2.85. The number of nitrogens with two attached hydrogens (primary N) is 1. The molecule has 1 atom stereocenters. The summed E-state index contributed by atoms with van der Waals surface area (Å²) in [5, 5.41) is 11.2. The highest BCUT2D eigenvalue weighted by molar-refractivity contribution is 5.99. The molecule has 0 radical (unpaired) electrons. The number of anilines is 1. The zero-order chi connectivity index (χ0) is 13.1. The van der Waals surface area contributed by atoms with Crippen molar-refractivity contribution in [3.05, 3.63) is 29.3 Å². The van der Waals surface area contributed by atoms with E-state index >= 15 is 0 Å². The standard InChI is InChI=1S/C12H14N2O4/c13-9(5-18-6-12(16)17)7-1-2-10-8(3-7)4-11(15)14-10/h1-3,9H,4-6,13H2,(H,14,15)(H,16,17). The molecule has 0 aliphatic carbocycles. The molecule has 1 aliphatic heterocycles. The zero-order valence-corrected chi connectivity index (χ0v) is 9.68. The van der Waals surface area contributed by atoms with Crippen LogP contribution in [0.1, 0.15) is 17.2 Å². The van der Waals surface area contributed by atoms with E-state index in [1.165, 1.54) is 0 Å². The predicted octanol–water partition coefficient (Wildman–Crippen LogP) is 0.282. The van der Waals surface area contributed by atoms with Crippen LogP contribution in [-0.4, -0.2) is 30.2 Å². The van der Waals surface area contributed by atoms with Crippen LogP contribution in [0.25, 0.3) is 0 Å². The van der Waals surface area contributed by atoms with Gasteiger partial charge in [-0.15, -0.1) is 0 Å².